The molecule has 0 spiro atoms. The van der Waals surface area contributed by atoms with Crippen molar-refractivity contribution in [2.45, 2.75) is 0 Å². The number of benzene rings is 1. The highest BCUT2D eigenvalue weighted by molar-refractivity contribution is 7.23. The van der Waals surface area contributed by atoms with Gasteiger partial charge in [0.2, 0.25) is 5.76 Å². The quantitative estimate of drug-likeness (QED) is 0.696. The first-order valence-corrected chi connectivity index (χ1v) is 9.25. The van der Waals surface area contributed by atoms with E-state index in [4.69, 9.17) is 25.8 Å². The van der Waals surface area contributed by atoms with Gasteiger partial charge in [-0.1, -0.05) is 22.9 Å². The molecule has 148 valence electrons. The summed E-state index contributed by atoms with van der Waals surface area (Å²) in [4.78, 5) is 21.2. The van der Waals surface area contributed by atoms with Crippen LogP contribution in [0.5, 0.6) is 5.75 Å². The monoisotopic (exact) mass is 433 g/mol. The van der Waals surface area contributed by atoms with Crippen LogP contribution in [-0.2, 0) is 14.3 Å². The predicted molar refractivity (Wildman–Crippen MR) is 109 cm³/mol. The molecule has 1 aliphatic heterocycles. The van der Waals surface area contributed by atoms with E-state index in [9.17, 15) is 4.79 Å². The number of fused-ring (bicyclic) bond motifs is 1. The number of hydrogen-bond acceptors (Lipinski definition) is 7. The molecule has 2 aromatic rings. The number of halogens is 2. The number of hydrogen-bond donors (Lipinski definition) is 0. The van der Waals surface area contributed by atoms with Crippen LogP contribution in [0.15, 0.2) is 24.2 Å². The molecule has 1 aliphatic rings. The van der Waals surface area contributed by atoms with Gasteiger partial charge in [0.1, 0.15) is 30.7 Å². The lowest BCUT2D eigenvalue weighted by Crippen LogP contribution is -2.38. The molecule has 0 saturated heterocycles. The molecule has 3 rings (SSSR count). The highest BCUT2D eigenvalue weighted by Gasteiger charge is 2.27. The van der Waals surface area contributed by atoms with Crippen LogP contribution in [-0.4, -0.2) is 63.3 Å². The van der Waals surface area contributed by atoms with Gasteiger partial charge in [0.15, 0.2) is 5.13 Å². The summed E-state index contributed by atoms with van der Waals surface area (Å²) in [7, 11) is 5.47. The van der Waals surface area contributed by atoms with Gasteiger partial charge >= 0.3 is 0 Å². The van der Waals surface area contributed by atoms with Crippen LogP contribution >= 0.6 is 35.3 Å². The molecular formula is C17H21Cl2N3O4S. The number of carbonyl (C=O) groups excluding carboxylic acids is 1. The predicted octanol–water partition coefficient (Wildman–Crippen LogP) is 3.16. The normalized spacial score (nSPS) is 13.4. The number of nitrogens with zero attached hydrogens (tertiary/aromatic N) is 3. The first-order chi connectivity index (χ1) is 12.5. The van der Waals surface area contributed by atoms with Crippen molar-refractivity contribution >= 4 is 56.6 Å². The minimum absolute atomic E-state index is 0. The number of amides is 1. The number of carbonyl (C=O) groups is 1. The molecule has 1 amide bonds. The maximum absolute atomic E-state index is 13.0. The lowest BCUT2D eigenvalue weighted by molar-refractivity contribution is -0.119. The van der Waals surface area contributed by atoms with Gasteiger partial charge in [-0.05, 0) is 26.2 Å². The highest BCUT2D eigenvalue weighted by Crippen LogP contribution is 2.39. The Morgan fingerprint density at radius 1 is 1.33 bits per heavy atom. The van der Waals surface area contributed by atoms with Crippen molar-refractivity contribution in [3.05, 3.63) is 29.2 Å². The standard InChI is InChI=1S/C17H20ClN3O4S.ClH/c1-20(2)6-7-21(16(22)13-10-24-8-9-25-13)17-19-14-12(23-3)5-4-11(18)15(14)26-17;/h4-5,10H,6-9H2,1-3H3;1H. The van der Waals surface area contributed by atoms with E-state index in [1.165, 1.54) is 17.6 Å². The van der Waals surface area contributed by atoms with Crippen molar-refractivity contribution in [3.8, 4) is 5.75 Å². The Morgan fingerprint density at radius 2 is 2.11 bits per heavy atom. The van der Waals surface area contributed by atoms with E-state index in [-0.39, 0.29) is 24.1 Å². The summed E-state index contributed by atoms with van der Waals surface area (Å²) < 4.78 is 16.8. The maximum atomic E-state index is 13.0. The van der Waals surface area contributed by atoms with Crippen molar-refractivity contribution in [3.63, 3.8) is 0 Å². The van der Waals surface area contributed by atoms with Crippen molar-refractivity contribution in [1.29, 1.82) is 0 Å². The van der Waals surface area contributed by atoms with Crippen LogP contribution in [0.3, 0.4) is 0 Å². The Kier molecular flexibility index (Phi) is 7.55. The fourth-order valence-corrected chi connectivity index (χ4v) is 3.70. The van der Waals surface area contributed by atoms with E-state index in [1.807, 2.05) is 19.0 Å². The summed E-state index contributed by atoms with van der Waals surface area (Å²) >= 11 is 7.65. The Morgan fingerprint density at radius 3 is 2.74 bits per heavy atom. The molecule has 0 radical (unpaired) electrons. The third-order valence-electron chi connectivity index (χ3n) is 3.77. The van der Waals surface area contributed by atoms with Gasteiger partial charge in [0.05, 0.1) is 16.8 Å². The lowest BCUT2D eigenvalue weighted by atomic mass is 10.3. The van der Waals surface area contributed by atoms with Gasteiger partial charge in [-0.15, -0.1) is 12.4 Å². The summed E-state index contributed by atoms with van der Waals surface area (Å²) in [6.45, 7) is 1.90. The number of likely N-dealkylation sites (N-methyl/N-ethyl adjacent to an activating group) is 1. The second kappa shape index (κ2) is 9.45. The van der Waals surface area contributed by atoms with Crippen LogP contribution in [0.25, 0.3) is 10.2 Å². The molecule has 1 aromatic heterocycles. The van der Waals surface area contributed by atoms with E-state index in [0.717, 1.165) is 4.70 Å². The topological polar surface area (TPSA) is 64.1 Å². The van der Waals surface area contributed by atoms with Gasteiger partial charge in [-0.2, -0.15) is 0 Å². The van der Waals surface area contributed by atoms with Crippen LogP contribution in [0.4, 0.5) is 5.13 Å². The summed E-state index contributed by atoms with van der Waals surface area (Å²) in [6.07, 6.45) is 1.36. The summed E-state index contributed by atoms with van der Waals surface area (Å²) in [5.74, 6) is 0.497. The number of rotatable bonds is 6. The van der Waals surface area contributed by atoms with Crippen molar-refractivity contribution in [2.75, 3.05) is 52.4 Å². The molecule has 0 fully saturated rings. The fourth-order valence-electron chi connectivity index (χ4n) is 2.42. The second-order valence-electron chi connectivity index (χ2n) is 5.89. The number of anilines is 1. The van der Waals surface area contributed by atoms with E-state index >= 15 is 0 Å². The van der Waals surface area contributed by atoms with E-state index in [2.05, 4.69) is 4.98 Å². The van der Waals surface area contributed by atoms with Crippen molar-refractivity contribution < 1.29 is 19.0 Å². The minimum atomic E-state index is -0.291. The Balaban J connectivity index is 0.00000261. The molecule has 0 unspecified atom stereocenters. The van der Waals surface area contributed by atoms with E-state index in [0.29, 0.717) is 47.7 Å². The molecule has 0 saturated carbocycles. The first-order valence-electron chi connectivity index (χ1n) is 8.05. The van der Waals surface area contributed by atoms with Crippen molar-refractivity contribution in [1.82, 2.24) is 9.88 Å². The Bertz CT molecular complexity index is 841. The molecule has 10 heteroatoms. The van der Waals surface area contributed by atoms with Gasteiger partial charge in [-0.25, -0.2) is 4.98 Å². The van der Waals surface area contributed by atoms with Crippen LogP contribution in [0.1, 0.15) is 0 Å². The molecule has 0 atom stereocenters. The summed E-state index contributed by atoms with van der Waals surface area (Å²) in [5, 5.41) is 1.11. The fraction of sp³-hybridized carbons (Fsp3) is 0.412. The largest absolute Gasteiger partial charge is 0.494 e. The van der Waals surface area contributed by atoms with Crippen LogP contribution in [0.2, 0.25) is 5.02 Å². The van der Waals surface area contributed by atoms with Crippen molar-refractivity contribution in [2.24, 2.45) is 0 Å². The molecule has 0 bridgehead atoms. The zero-order valence-corrected chi connectivity index (χ0v) is 17.6. The summed E-state index contributed by atoms with van der Waals surface area (Å²) in [6, 6.07) is 3.53. The number of methoxy groups -OCH3 is 1. The van der Waals surface area contributed by atoms with Crippen LogP contribution < -0.4 is 9.64 Å². The van der Waals surface area contributed by atoms with Crippen LogP contribution in [0, 0.1) is 0 Å². The SMILES string of the molecule is COc1ccc(Cl)c2sc(N(CCN(C)C)C(=O)C3=COCCO3)nc12.Cl. The molecule has 2 heterocycles. The Hall–Kier alpha value is -1.74. The molecule has 1 aromatic carbocycles. The minimum Gasteiger partial charge on any atom is -0.494 e. The average Bonchev–Trinajstić information content (AvgIpc) is 3.08. The Labute approximate surface area is 172 Å². The third-order valence-corrected chi connectivity index (χ3v) is 5.31. The zero-order valence-electron chi connectivity index (χ0n) is 15.2. The first kappa shape index (κ1) is 21.6. The lowest BCUT2D eigenvalue weighted by Gasteiger charge is -2.24. The average molecular weight is 434 g/mol. The third kappa shape index (κ3) is 4.76. The number of thiazole rings is 1. The number of ether oxygens (including phenoxy) is 3. The van der Waals surface area contributed by atoms with Gasteiger partial charge in [0.25, 0.3) is 5.91 Å². The van der Waals surface area contributed by atoms with E-state index < -0.39 is 0 Å². The van der Waals surface area contributed by atoms with E-state index in [1.54, 1.807) is 24.1 Å². The van der Waals surface area contributed by atoms with Gasteiger partial charge in [-0.3, -0.25) is 9.69 Å². The molecule has 0 N–H and O–H groups in total. The second-order valence-corrected chi connectivity index (χ2v) is 7.27. The maximum Gasteiger partial charge on any atom is 0.298 e. The molecule has 27 heavy (non-hydrogen) atoms. The molecular weight excluding hydrogens is 413 g/mol. The van der Waals surface area contributed by atoms with Gasteiger partial charge < -0.3 is 19.1 Å². The molecule has 0 aliphatic carbocycles. The number of aromatic nitrogens is 1. The smallest absolute Gasteiger partial charge is 0.298 e. The molecule has 7 nitrogen and oxygen atoms in total. The highest BCUT2D eigenvalue weighted by atomic mass is 35.5. The van der Waals surface area contributed by atoms with Gasteiger partial charge in [0, 0.05) is 13.1 Å². The summed E-state index contributed by atoms with van der Waals surface area (Å²) in [5.41, 5.74) is 0.637. The zero-order chi connectivity index (χ0) is 18.7.